The van der Waals surface area contributed by atoms with Crippen LogP contribution in [0.1, 0.15) is 24.8 Å². The second-order valence-corrected chi connectivity index (χ2v) is 6.29. The van der Waals surface area contributed by atoms with Gasteiger partial charge < -0.3 is 20.7 Å². The van der Waals surface area contributed by atoms with E-state index in [0.29, 0.717) is 13.2 Å². The fourth-order valence-electron chi connectivity index (χ4n) is 2.68. The third-order valence-electron chi connectivity index (χ3n) is 4.02. The Morgan fingerprint density at radius 3 is 2.71 bits per heavy atom. The van der Waals surface area contributed by atoms with Crippen molar-refractivity contribution < 1.29 is 9.53 Å². The van der Waals surface area contributed by atoms with Crippen molar-refractivity contribution in [2.45, 2.75) is 31.8 Å². The van der Waals surface area contributed by atoms with Crippen LogP contribution in [0.5, 0.6) is 5.75 Å². The van der Waals surface area contributed by atoms with Crippen molar-refractivity contribution in [3.05, 3.63) is 29.8 Å². The highest BCUT2D eigenvalue weighted by Crippen LogP contribution is 2.24. The van der Waals surface area contributed by atoms with Gasteiger partial charge >= 0.3 is 0 Å². The molecule has 0 aliphatic heterocycles. The molecule has 1 aliphatic rings. The number of nitrogens with zero attached hydrogens (tertiary/aromatic N) is 1. The fourth-order valence-corrected chi connectivity index (χ4v) is 2.68. The van der Waals surface area contributed by atoms with Crippen LogP contribution in [-0.2, 0) is 11.3 Å². The Labute approximate surface area is 157 Å². The van der Waals surface area contributed by atoms with Gasteiger partial charge in [0, 0.05) is 25.0 Å². The zero-order chi connectivity index (χ0) is 15.9. The third-order valence-corrected chi connectivity index (χ3v) is 4.02. The molecule has 1 aliphatic carbocycles. The number of amides is 1. The molecule has 1 amide bonds. The number of carbonyl (C=O) groups is 1. The van der Waals surface area contributed by atoms with E-state index in [1.807, 2.05) is 38.4 Å². The average Bonchev–Trinajstić information content (AvgIpc) is 2.91. The minimum Gasteiger partial charge on any atom is -0.492 e. The van der Waals surface area contributed by atoms with Gasteiger partial charge in [-0.15, -0.1) is 24.8 Å². The van der Waals surface area contributed by atoms with Gasteiger partial charge in [-0.3, -0.25) is 4.79 Å². The lowest BCUT2D eigenvalue weighted by molar-refractivity contribution is -0.125. The summed E-state index contributed by atoms with van der Waals surface area (Å²) in [7, 11) is 4.04. The highest BCUT2D eigenvalue weighted by molar-refractivity contribution is 5.85. The van der Waals surface area contributed by atoms with Crippen LogP contribution in [0.4, 0.5) is 0 Å². The second kappa shape index (κ2) is 11.5. The normalized spacial score (nSPS) is 19.3. The highest BCUT2D eigenvalue weighted by Gasteiger charge is 2.27. The number of nitrogens with one attached hydrogen (secondary N) is 1. The van der Waals surface area contributed by atoms with Crippen LogP contribution < -0.4 is 15.8 Å². The van der Waals surface area contributed by atoms with E-state index in [1.165, 1.54) is 0 Å². The molecule has 24 heavy (non-hydrogen) atoms. The summed E-state index contributed by atoms with van der Waals surface area (Å²) in [6.07, 6.45) is 2.66. The number of hydrogen-bond donors (Lipinski definition) is 2. The smallest absolute Gasteiger partial charge is 0.223 e. The molecule has 3 N–H and O–H groups in total. The first-order chi connectivity index (χ1) is 10.5. The van der Waals surface area contributed by atoms with Gasteiger partial charge in [0.2, 0.25) is 5.91 Å². The number of hydrogen-bond acceptors (Lipinski definition) is 4. The molecule has 0 aromatic heterocycles. The van der Waals surface area contributed by atoms with Crippen molar-refractivity contribution in [3.63, 3.8) is 0 Å². The third kappa shape index (κ3) is 7.71. The van der Waals surface area contributed by atoms with Crippen molar-refractivity contribution >= 4 is 30.7 Å². The zero-order valence-electron chi connectivity index (χ0n) is 14.4. The number of benzene rings is 1. The Hall–Kier alpha value is -1.01. The molecule has 1 saturated carbocycles. The van der Waals surface area contributed by atoms with Crippen LogP contribution in [0.25, 0.3) is 0 Å². The first kappa shape index (κ1) is 23.0. The number of ether oxygens (including phenoxy) is 1. The highest BCUT2D eigenvalue weighted by atomic mass is 35.5. The molecule has 138 valence electrons. The predicted molar refractivity (Wildman–Crippen MR) is 102 cm³/mol. The molecule has 0 saturated heterocycles. The summed E-state index contributed by atoms with van der Waals surface area (Å²) in [5.41, 5.74) is 6.91. The first-order valence-electron chi connectivity index (χ1n) is 7.94. The standard InChI is InChI=1S/C17H27N3O2.2ClH/c1-20(2)8-9-22-16-5-3-4-13(10-16)12-19-17(21)14-6-7-15(18)11-14;;/h3-5,10,14-15H,6-9,11-12,18H2,1-2H3,(H,19,21);2*1H. The number of nitrogens with two attached hydrogens (primary N) is 1. The van der Waals surface area contributed by atoms with Gasteiger partial charge in [-0.05, 0) is 51.1 Å². The average molecular weight is 378 g/mol. The van der Waals surface area contributed by atoms with Crippen LogP contribution in [0.2, 0.25) is 0 Å². The molecule has 1 aromatic rings. The van der Waals surface area contributed by atoms with Crippen molar-refractivity contribution in [2.24, 2.45) is 11.7 Å². The minimum atomic E-state index is 0. The summed E-state index contributed by atoms with van der Waals surface area (Å²) in [6, 6.07) is 8.06. The van der Waals surface area contributed by atoms with Crippen molar-refractivity contribution in [2.75, 3.05) is 27.2 Å². The zero-order valence-corrected chi connectivity index (χ0v) is 16.0. The maximum Gasteiger partial charge on any atom is 0.223 e. The molecule has 0 radical (unpaired) electrons. The van der Waals surface area contributed by atoms with Crippen LogP contribution in [0.15, 0.2) is 24.3 Å². The Morgan fingerprint density at radius 2 is 2.08 bits per heavy atom. The largest absolute Gasteiger partial charge is 0.492 e. The van der Waals surface area contributed by atoms with Crippen molar-refractivity contribution in [3.8, 4) is 5.75 Å². The van der Waals surface area contributed by atoms with Gasteiger partial charge in [-0.2, -0.15) is 0 Å². The minimum absolute atomic E-state index is 0. The molecule has 0 bridgehead atoms. The van der Waals surface area contributed by atoms with E-state index >= 15 is 0 Å². The van der Waals surface area contributed by atoms with Crippen molar-refractivity contribution in [1.82, 2.24) is 10.2 Å². The van der Waals surface area contributed by atoms with E-state index < -0.39 is 0 Å². The summed E-state index contributed by atoms with van der Waals surface area (Å²) < 4.78 is 5.71. The lowest BCUT2D eigenvalue weighted by Crippen LogP contribution is -2.30. The van der Waals surface area contributed by atoms with Crippen LogP contribution in [0.3, 0.4) is 0 Å². The molecule has 2 unspecified atom stereocenters. The van der Waals surface area contributed by atoms with Crippen LogP contribution >= 0.6 is 24.8 Å². The van der Waals surface area contributed by atoms with Crippen LogP contribution in [0, 0.1) is 5.92 Å². The fraction of sp³-hybridized carbons (Fsp3) is 0.588. The maximum absolute atomic E-state index is 12.1. The van der Waals surface area contributed by atoms with E-state index in [-0.39, 0.29) is 42.7 Å². The molecule has 2 rings (SSSR count). The molecule has 2 atom stereocenters. The maximum atomic E-state index is 12.1. The second-order valence-electron chi connectivity index (χ2n) is 6.29. The Balaban J connectivity index is 0.00000264. The summed E-state index contributed by atoms with van der Waals surface area (Å²) in [6.45, 7) is 2.07. The summed E-state index contributed by atoms with van der Waals surface area (Å²) in [4.78, 5) is 14.2. The first-order valence-corrected chi connectivity index (χ1v) is 7.94. The summed E-state index contributed by atoms with van der Waals surface area (Å²) in [5.74, 6) is 1.04. The Kier molecular flexibility index (Phi) is 11.0. The van der Waals surface area contributed by atoms with E-state index in [1.54, 1.807) is 0 Å². The molecular formula is C17H29Cl2N3O2. The van der Waals surface area contributed by atoms with Gasteiger partial charge in [0.15, 0.2) is 0 Å². The van der Waals surface area contributed by atoms with E-state index in [0.717, 1.165) is 37.1 Å². The molecule has 1 aromatic carbocycles. The molecule has 0 spiro atoms. The Morgan fingerprint density at radius 1 is 1.33 bits per heavy atom. The number of rotatable bonds is 7. The van der Waals surface area contributed by atoms with E-state index in [9.17, 15) is 4.79 Å². The lowest BCUT2D eigenvalue weighted by Gasteiger charge is -2.13. The van der Waals surface area contributed by atoms with Gasteiger partial charge in [-0.25, -0.2) is 0 Å². The molecule has 0 heterocycles. The van der Waals surface area contributed by atoms with Gasteiger partial charge in [-0.1, -0.05) is 12.1 Å². The Bertz CT molecular complexity index is 500. The quantitative estimate of drug-likeness (QED) is 0.764. The number of carbonyl (C=O) groups excluding carboxylic acids is 1. The molecule has 7 heteroatoms. The van der Waals surface area contributed by atoms with Crippen LogP contribution in [-0.4, -0.2) is 44.1 Å². The lowest BCUT2D eigenvalue weighted by atomic mass is 10.1. The number of likely N-dealkylation sites (N-methyl/N-ethyl adjacent to an activating group) is 1. The molecule has 1 fully saturated rings. The number of halogens is 2. The predicted octanol–water partition coefficient (Wildman–Crippen LogP) is 2.21. The van der Waals surface area contributed by atoms with Gasteiger partial charge in [0.25, 0.3) is 0 Å². The van der Waals surface area contributed by atoms with Crippen molar-refractivity contribution in [1.29, 1.82) is 0 Å². The molecule has 5 nitrogen and oxygen atoms in total. The summed E-state index contributed by atoms with van der Waals surface area (Å²) in [5, 5.41) is 3.00. The van der Waals surface area contributed by atoms with E-state index in [2.05, 4.69) is 10.2 Å². The monoisotopic (exact) mass is 377 g/mol. The van der Waals surface area contributed by atoms with E-state index in [4.69, 9.17) is 10.5 Å². The molecular weight excluding hydrogens is 349 g/mol. The summed E-state index contributed by atoms with van der Waals surface area (Å²) >= 11 is 0. The SMILES string of the molecule is CN(C)CCOc1cccc(CNC(=O)C2CCC(N)C2)c1.Cl.Cl. The topological polar surface area (TPSA) is 67.6 Å². The van der Waals surface area contributed by atoms with Gasteiger partial charge in [0.05, 0.1) is 0 Å². The van der Waals surface area contributed by atoms with Gasteiger partial charge in [0.1, 0.15) is 12.4 Å².